The van der Waals surface area contributed by atoms with Crippen molar-refractivity contribution in [2.45, 2.75) is 53.1 Å². The van der Waals surface area contributed by atoms with Gasteiger partial charge in [0.15, 0.2) is 0 Å². The number of carbonyl (C=O) groups is 1. The molecule has 1 amide bonds. The maximum absolute atomic E-state index is 13.1. The quantitative estimate of drug-likeness (QED) is 0.325. The Labute approximate surface area is 226 Å². The zero-order valence-electron chi connectivity index (χ0n) is 23.2. The van der Waals surface area contributed by atoms with Crippen molar-refractivity contribution < 1.29 is 22.7 Å². The van der Waals surface area contributed by atoms with Gasteiger partial charge in [-0.25, -0.2) is 8.42 Å². The van der Waals surface area contributed by atoms with Gasteiger partial charge in [0, 0.05) is 5.56 Å². The van der Waals surface area contributed by atoms with Crippen molar-refractivity contribution in [1.29, 1.82) is 0 Å². The highest BCUT2D eigenvalue weighted by Crippen LogP contribution is 2.33. The van der Waals surface area contributed by atoms with Crippen LogP contribution in [0.25, 0.3) is 0 Å². The maximum atomic E-state index is 13.1. The van der Waals surface area contributed by atoms with Crippen molar-refractivity contribution in [3.05, 3.63) is 88.5 Å². The van der Waals surface area contributed by atoms with Crippen LogP contribution < -0.4 is 19.1 Å². The Bertz CT molecular complexity index is 1370. The van der Waals surface area contributed by atoms with Crippen LogP contribution in [0.15, 0.2) is 60.7 Å². The molecule has 0 heterocycles. The molecule has 7 nitrogen and oxygen atoms in total. The predicted octanol–water partition coefficient (Wildman–Crippen LogP) is 5.98. The van der Waals surface area contributed by atoms with Crippen molar-refractivity contribution in [1.82, 2.24) is 5.32 Å². The van der Waals surface area contributed by atoms with Crippen LogP contribution in [0.2, 0.25) is 0 Å². The fourth-order valence-corrected chi connectivity index (χ4v) is 5.31. The SMILES string of the molecule is CCOc1ccccc1N(Cc1ccc(C(=O)N[C@@H](C)c2cc(C(C)C)c(OC)cc2C)cc1)S(C)(=O)=O. The number of hydrogen-bond donors (Lipinski definition) is 1. The summed E-state index contributed by atoms with van der Waals surface area (Å²) in [7, 11) is -1.92. The first-order valence-electron chi connectivity index (χ1n) is 12.7. The lowest BCUT2D eigenvalue weighted by atomic mass is 9.93. The van der Waals surface area contributed by atoms with Gasteiger partial charge in [0.1, 0.15) is 11.5 Å². The number of aryl methyl sites for hydroxylation is 1. The Morgan fingerprint density at radius 2 is 1.63 bits per heavy atom. The summed E-state index contributed by atoms with van der Waals surface area (Å²) in [6, 6.07) is 17.9. The van der Waals surface area contributed by atoms with E-state index in [0.717, 1.165) is 28.0 Å². The van der Waals surface area contributed by atoms with Crippen molar-refractivity contribution in [3.8, 4) is 11.5 Å². The second-order valence-corrected chi connectivity index (χ2v) is 11.6. The number of ether oxygens (including phenoxy) is 2. The molecule has 3 aromatic carbocycles. The molecule has 1 atom stereocenters. The molecule has 8 heteroatoms. The van der Waals surface area contributed by atoms with Gasteiger partial charge in [0.25, 0.3) is 5.91 Å². The van der Waals surface area contributed by atoms with E-state index in [1.54, 1.807) is 55.6 Å². The minimum Gasteiger partial charge on any atom is -0.496 e. The molecule has 3 aromatic rings. The van der Waals surface area contributed by atoms with Crippen molar-refractivity contribution in [3.63, 3.8) is 0 Å². The molecule has 0 aliphatic carbocycles. The molecule has 0 unspecified atom stereocenters. The summed E-state index contributed by atoms with van der Waals surface area (Å²) in [5, 5.41) is 3.09. The summed E-state index contributed by atoms with van der Waals surface area (Å²) in [5.74, 6) is 1.43. The molecule has 0 saturated carbocycles. The van der Waals surface area contributed by atoms with E-state index >= 15 is 0 Å². The van der Waals surface area contributed by atoms with Crippen LogP contribution >= 0.6 is 0 Å². The van der Waals surface area contributed by atoms with Crippen LogP contribution in [-0.2, 0) is 16.6 Å². The Morgan fingerprint density at radius 1 is 0.974 bits per heavy atom. The molecule has 38 heavy (non-hydrogen) atoms. The second-order valence-electron chi connectivity index (χ2n) is 9.67. The maximum Gasteiger partial charge on any atom is 0.251 e. The average molecular weight is 539 g/mol. The number of hydrogen-bond acceptors (Lipinski definition) is 5. The van der Waals surface area contributed by atoms with E-state index in [-0.39, 0.29) is 24.4 Å². The molecule has 0 bridgehead atoms. The summed E-state index contributed by atoms with van der Waals surface area (Å²) in [6.45, 7) is 10.6. The summed E-state index contributed by atoms with van der Waals surface area (Å²) in [6.07, 6.45) is 1.17. The van der Waals surface area contributed by atoms with Gasteiger partial charge in [-0.15, -0.1) is 0 Å². The van der Waals surface area contributed by atoms with E-state index in [0.29, 0.717) is 23.6 Å². The third-order valence-electron chi connectivity index (χ3n) is 6.43. The Hall–Kier alpha value is -3.52. The van der Waals surface area contributed by atoms with Crippen LogP contribution in [0.4, 0.5) is 5.69 Å². The zero-order chi connectivity index (χ0) is 28.0. The van der Waals surface area contributed by atoms with Gasteiger partial charge in [-0.05, 0) is 85.3 Å². The van der Waals surface area contributed by atoms with Gasteiger partial charge in [0.05, 0.1) is 38.2 Å². The molecular formula is C30H38N2O5S. The van der Waals surface area contributed by atoms with Crippen molar-refractivity contribution in [2.24, 2.45) is 0 Å². The van der Waals surface area contributed by atoms with E-state index in [1.807, 2.05) is 26.8 Å². The van der Waals surface area contributed by atoms with E-state index < -0.39 is 10.0 Å². The molecule has 0 aliphatic heterocycles. The summed E-state index contributed by atoms with van der Waals surface area (Å²) in [4.78, 5) is 13.1. The number of benzene rings is 3. The lowest BCUT2D eigenvalue weighted by Crippen LogP contribution is -2.30. The molecular weight excluding hydrogens is 500 g/mol. The molecule has 1 N–H and O–H groups in total. The summed E-state index contributed by atoms with van der Waals surface area (Å²) in [5.41, 5.74) is 4.90. The Balaban J connectivity index is 1.79. The van der Waals surface area contributed by atoms with Gasteiger partial charge < -0.3 is 14.8 Å². The van der Waals surface area contributed by atoms with Crippen LogP contribution in [0.1, 0.15) is 72.3 Å². The first kappa shape index (κ1) is 29.0. The number of amides is 1. The largest absolute Gasteiger partial charge is 0.496 e. The number of nitrogens with zero attached hydrogens (tertiary/aromatic N) is 1. The van der Waals surface area contributed by atoms with Gasteiger partial charge in [-0.2, -0.15) is 0 Å². The predicted molar refractivity (Wildman–Crippen MR) is 153 cm³/mol. The second kappa shape index (κ2) is 12.3. The van der Waals surface area contributed by atoms with Gasteiger partial charge in [-0.1, -0.05) is 38.1 Å². The Kier molecular flexibility index (Phi) is 9.44. The topological polar surface area (TPSA) is 84.9 Å². The molecule has 0 saturated heterocycles. The third-order valence-corrected chi connectivity index (χ3v) is 7.56. The monoisotopic (exact) mass is 538 g/mol. The normalized spacial score (nSPS) is 12.2. The number of methoxy groups -OCH3 is 1. The summed E-state index contributed by atoms with van der Waals surface area (Å²) >= 11 is 0. The van der Waals surface area contributed by atoms with E-state index in [2.05, 4.69) is 25.2 Å². The molecule has 3 rings (SSSR count). The fraction of sp³-hybridized carbons (Fsp3) is 0.367. The standard InChI is InChI=1S/C30H38N2O5S/c1-8-37-28-12-10-9-11-27(28)32(38(7,34)35)19-23-13-15-24(16-14-23)30(33)31-22(5)26-18-25(20(2)3)29(36-6)17-21(26)4/h9-18,20,22H,8,19H2,1-7H3,(H,31,33)/t22-/m0/s1. The minimum absolute atomic E-state index is 0.115. The fourth-order valence-electron chi connectivity index (χ4n) is 4.42. The highest BCUT2D eigenvalue weighted by Gasteiger charge is 2.22. The smallest absolute Gasteiger partial charge is 0.251 e. The third kappa shape index (κ3) is 6.86. The number of sulfonamides is 1. The first-order valence-corrected chi connectivity index (χ1v) is 14.6. The Morgan fingerprint density at radius 3 is 2.21 bits per heavy atom. The molecule has 0 spiro atoms. The number of para-hydroxylation sites is 2. The van der Waals surface area contributed by atoms with E-state index in [9.17, 15) is 13.2 Å². The van der Waals surface area contributed by atoms with Crippen LogP contribution in [-0.4, -0.2) is 34.3 Å². The number of rotatable bonds is 11. The lowest BCUT2D eigenvalue weighted by molar-refractivity contribution is 0.0939. The van der Waals surface area contributed by atoms with Crippen molar-refractivity contribution >= 4 is 21.6 Å². The van der Waals surface area contributed by atoms with Crippen LogP contribution in [0, 0.1) is 6.92 Å². The van der Waals surface area contributed by atoms with E-state index in [4.69, 9.17) is 9.47 Å². The van der Waals surface area contributed by atoms with E-state index in [1.165, 1.54) is 10.6 Å². The van der Waals surface area contributed by atoms with Crippen LogP contribution in [0.5, 0.6) is 11.5 Å². The molecule has 204 valence electrons. The summed E-state index contributed by atoms with van der Waals surface area (Å²) < 4.78 is 37.8. The van der Waals surface area contributed by atoms with Gasteiger partial charge in [-0.3, -0.25) is 9.10 Å². The first-order chi connectivity index (χ1) is 18.0. The lowest BCUT2D eigenvalue weighted by Gasteiger charge is -2.25. The molecule has 0 aliphatic rings. The molecule has 0 aromatic heterocycles. The van der Waals surface area contributed by atoms with Crippen LogP contribution in [0.3, 0.4) is 0 Å². The van der Waals surface area contributed by atoms with Crippen molar-refractivity contribution in [2.75, 3.05) is 24.3 Å². The highest BCUT2D eigenvalue weighted by atomic mass is 32.2. The minimum atomic E-state index is -3.58. The highest BCUT2D eigenvalue weighted by molar-refractivity contribution is 7.92. The zero-order valence-corrected chi connectivity index (χ0v) is 24.1. The molecule has 0 fully saturated rings. The number of anilines is 1. The van der Waals surface area contributed by atoms with Gasteiger partial charge >= 0.3 is 0 Å². The number of nitrogens with one attached hydrogen (secondary N) is 1. The number of carbonyl (C=O) groups excluding carboxylic acids is 1. The molecule has 0 radical (unpaired) electrons. The average Bonchev–Trinajstić information content (AvgIpc) is 2.87. The van der Waals surface area contributed by atoms with Gasteiger partial charge in [0.2, 0.25) is 10.0 Å².